The van der Waals surface area contributed by atoms with E-state index in [4.69, 9.17) is 16.3 Å². The number of fused-ring (bicyclic) bond motifs is 1. The van der Waals surface area contributed by atoms with Gasteiger partial charge in [-0.05, 0) is 49.4 Å². The van der Waals surface area contributed by atoms with Crippen LogP contribution in [0.1, 0.15) is 17.3 Å². The lowest BCUT2D eigenvalue weighted by atomic mass is 10.1. The highest BCUT2D eigenvalue weighted by atomic mass is 35.5. The Balaban J connectivity index is 1.88. The van der Waals surface area contributed by atoms with Crippen LogP contribution >= 0.6 is 23.4 Å². The minimum absolute atomic E-state index is 0.0709. The number of rotatable bonds is 7. The van der Waals surface area contributed by atoms with Crippen molar-refractivity contribution >= 4 is 40.2 Å². The standard InChI is InChI=1S/C19H18ClFN2O2S/c1-12(18(24)13-3-6-15(21)7-4-13)26-19-22-16-11-14(20)5-8-17(16)23(19)9-10-25-2/h3-8,11-12H,9-10H2,1-2H3. The molecule has 7 heteroatoms. The predicted octanol–water partition coefficient (Wildman–Crippen LogP) is 4.84. The van der Waals surface area contributed by atoms with Crippen molar-refractivity contribution in [1.29, 1.82) is 0 Å². The summed E-state index contributed by atoms with van der Waals surface area (Å²) in [6, 6.07) is 11.1. The third-order valence-corrected chi connectivity index (χ3v) is 5.30. The summed E-state index contributed by atoms with van der Waals surface area (Å²) in [6.45, 7) is 2.97. The minimum atomic E-state index is -0.367. The first-order valence-electron chi connectivity index (χ1n) is 8.10. The van der Waals surface area contributed by atoms with E-state index in [1.54, 1.807) is 13.2 Å². The Bertz CT molecular complexity index is 927. The first kappa shape index (κ1) is 18.9. The molecule has 3 rings (SSSR count). The quantitative estimate of drug-likeness (QED) is 0.426. The Morgan fingerprint density at radius 2 is 2.04 bits per heavy atom. The number of Topliss-reactive ketones (excluding diaryl/α,β-unsaturated/α-hetero) is 1. The largest absolute Gasteiger partial charge is 0.383 e. The molecule has 1 heterocycles. The molecule has 1 aromatic heterocycles. The number of ether oxygens (including phenoxy) is 1. The Morgan fingerprint density at radius 1 is 1.31 bits per heavy atom. The van der Waals surface area contributed by atoms with Gasteiger partial charge in [0.15, 0.2) is 10.9 Å². The van der Waals surface area contributed by atoms with Crippen LogP contribution in [0.2, 0.25) is 5.02 Å². The summed E-state index contributed by atoms with van der Waals surface area (Å²) in [5.41, 5.74) is 2.20. The monoisotopic (exact) mass is 392 g/mol. The number of nitrogens with zero attached hydrogens (tertiary/aromatic N) is 2. The van der Waals surface area contributed by atoms with Crippen molar-refractivity contribution in [2.75, 3.05) is 13.7 Å². The van der Waals surface area contributed by atoms with Gasteiger partial charge in [-0.1, -0.05) is 23.4 Å². The highest BCUT2D eigenvalue weighted by Crippen LogP contribution is 2.30. The van der Waals surface area contributed by atoms with Gasteiger partial charge in [0.2, 0.25) is 0 Å². The van der Waals surface area contributed by atoms with E-state index in [-0.39, 0.29) is 16.9 Å². The molecule has 0 radical (unpaired) electrons. The van der Waals surface area contributed by atoms with Crippen LogP contribution in [0.4, 0.5) is 4.39 Å². The summed E-state index contributed by atoms with van der Waals surface area (Å²) < 4.78 is 20.3. The third-order valence-electron chi connectivity index (χ3n) is 3.97. The van der Waals surface area contributed by atoms with Gasteiger partial charge in [0.25, 0.3) is 0 Å². The molecule has 0 saturated carbocycles. The SMILES string of the molecule is COCCn1c(SC(C)C(=O)c2ccc(F)cc2)nc2cc(Cl)ccc21. The van der Waals surface area contributed by atoms with Gasteiger partial charge < -0.3 is 9.30 Å². The number of aromatic nitrogens is 2. The summed E-state index contributed by atoms with van der Waals surface area (Å²) in [5, 5.41) is 0.970. The van der Waals surface area contributed by atoms with E-state index in [2.05, 4.69) is 4.98 Å². The van der Waals surface area contributed by atoms with E-state index in [0.717, 1.165) is 16.2 Å². The van der Waals surface area contributed by atoms with Gasteiger partial charge in [-0.15, -0.1) is 0 Å². The normalized spacial score (nSPS) is 12.5. The van der Waals surface area contributed by atoms with Crippen LogP contribution in [-0.2, 0) is 11.3 Å². The van der Waals surface area contributed by atoms with Gasteiger partial charge in [0.05, 0.1) is 22.9 Å². The molecule has 136 valence electrons. The zero-order valence-corrected chi connectivity index (χ0v) is 16.0. The third kappa shape index (κ3) is 4.09. The lowest BCUT2D eigenvalue weighted by Gasteiger charge is -2.12. The fourth-order valence-corrected chi connectivity index (χ4v) is 3.82. The lowest BCUT2D eigenvalue weighted by Crippen LogP contribution is -2.15. The molecule has 0 amide bonds. The number of methoxy groups -OCH3 is 1. The molecule has 26 heavy (non-hydrogen) atoms. The fraction of sp³-hybridized carbons (Fsp3) is 0.263. The number of ketones is 1. The van der Waals surface area contributed by atoms with Gasteiger partial charge in [-0.25, -0.2) is 9.37 Å². The van der Waals surface area contributed by atoms with E-state index in [1.807, 2.05) is 23.6 Å². The first-order chi connectivity index (χ1) is 12.5. The van der Waals surface area contributed by atoms with Gasteiger partial charge in [0.1, 0.15) is 5.82 Å². The predicted molar refractivity (Wildman–Crippen MR) is 103 cm³/mol. The smallest absolute Gasteiger partial charge is 0.175 e. The van der Waals surface area contributed by atoms with E-state index in [9.17, 15) is 9.18 Å². The number of imidazole rings is 1. The fourth-order valence-electron chi connectivity index (χ4n) is 2.63. The maximum Gasteiger partial charge on any atom is 0.175 e. The number of carbonyl (C=O) groups excluding carboxylic acids is 1. The molecule has 0 N–H and O–H groups in total. The second-order valence-electron chi connectivity index (χ2n) is 5.80. The van der Waals surface area contributed by atoms with Gasteiger partial charge in [-0.2, -0.15) is 0 Å². The molecule has 1 atom stereocenters. The summed E-state index contributed by atoms with van der Waals surface area (Å²) in [7, 11) is 1.64. The second kappa shape index (κ2) is 8.20. The highest BCUT2D eigenvalue weighted by Gasteiger charge is 2.21. The molecule has 0 saturated heterocycles. The van der Waals surface area contributed by atoms with E-state index >= 15 is 0 Å². The van der Waals surface area contributed by atoms with E-state index < -0.39 is 0 Å². The molecular formula is C19H18ClFN2O2S. The summed E-state index contributed by atoms with van der Waals surface area (Å²) in [6.07, 6.45) is 0. The molecule has 0 bridgehead atoms. The molecule has 4 nitrogen and oxygen atoms in total. The van der Waals surface area contributed by atoms with Crippen molar-refractivity contribution in [3.05, 3.63) is 58.9 Å². The summed E-state index contributed by atoms with van der Waals surface area (Å²) in [5.74, 6) is -0.432. The van der Waals surface area contributed by atoms with Crippen LogP contribution in [0, 0.1) is 5.82 Å². The molecule has 0 aliphatic carbocycles. The number of hydrogen-bond acceptors (Lipinski definition) is 4. The van der Waals surface area contributed by atoms with Crippen molar-refractivity contribution in [2.45, 2.75) is 23.9 Å². The van der Waals surface area contributed by atoms with Crippen LogP contribution in [0.15, 0.2) is 47.6 Å². The van der Waals surface area contributed by atoms with E-state index in [1.165, 1.54) is 36.0 Å². The number of benzene rings is 2. The number of halogens is 2. The molecular weight excluding hydrogens is 375 g/mol. The molecule has 3 aromatic rings. The van der Waals surface area contributed by atoms with Crippen molar-refractivity contribution in [2.24, 2.45) is 0 Å². The van der Waals surface area contributed by atoms with Crippen LogP contribution < -0.4 is 0 Å². The molecule has 2 aromatic carbocycles. The maximum absolute atomic E-state index is 13.1. The molecule has 0 fully saturated rings. The minimum Gasteiger partial charge on any atom is -0.383 e. The topological polar surface area (TPSA) is 44.1 Å². The Kier molecular flexibility index (Phi) is 5.96. The number of thioether (sulfide) groups is 1. The molecule has 0 aliphatic rings. The average Bonchev–Trinajstić information content (AvgIpc) is 2.95. The van der Waals surface area contributed by atoms with Gasteiger partial charge in [0, 0.05) is 24.2 Å². The highest BCUT2D eigenvalue weighted by molar-refractivity contribution is 8.00. The van der Waals surface area contributed by atoms with Crippen LogP contribution in [0.5, 0.6) is 0 Å². The van der Waals surface area contributed by atoms with Crippen LogP contribution in [-0.4, -0.2) is 34.3 Å². The van der Waals surface area contributed by atoms with Crippen molar-refractivity contribution in [3.63, 3.8) is 0 Å². The van der Waals surface area contributed by atoms with Crippen molar-refractivity contribution < 1.29 is 13.9 Å². The Hall–Kier alpha value is -1.89. The zero-order chi connectivity index (χ0) is 18.7. The molecule has 0 spiro atoms. The van der Waals surface area contributed by atoms with Gasteiger partial charge >= 0.3 is 0 Å². The molecule has 1 unspecified atom stereocenters. The maximum atomic E-state index is 13.1. The summed E-state index contributed by atoms with van der Waals surface area (Å²) in [4.78, 5) is 17.3. The first-order valence-corrected chi connectivity index (χ1v) is 9.36. The zero-order valence-electron chi connectivity index (χ0n) is 14.4. The Morgan fingerprint density at radius 3 is 2.73 bits per heavy atom. The second-order valence-corrected chi connectivity index (χ2v) is 7.55. The average molecular weight is 393 g/mol. The Labute approximate surface area is 160 Å². The lowest BCUT2D eigenvalue weighted by molar-refractivity contribution is 0.0994. The van der Waals surface area contributed by atoms with Gasteiger partial charge in [-0.3, -0.25) is 4.79 Å². The van der Waals surface area contributed by atoms with Crippen molar-refractivity contribution in [3.8, 4) is 0 Å². The number of hydrogen-bond donors (Lipinski definition) is 0. The number of carbonyl (C=O) groups is 1. The molecule has 0 aliphatic heterocycles. The van der Waals surface area contributed by atoms with E-state index in [0.29, 0.717) is 23.7 Å². The summed E-state index contributed by atoms with van der Waals surface area (Å²) >= 11 is 7.44. The van der Waals surface area contributed by atoms with Crippen molar-refractivity contribution in [1.82, 2.24) is 9.55 Å². The van der Waals surface area contributed by atoms with Crippen LogP contribution in [0.3, 0.4) is 0 Å². The van der Waals surface area contributed by atoms with Crippen LogP contribution in [0.25, 0.3) is 11.0 Å².